The molecule has 2 rings (SSSR count). The van der Waals surface area contributed by atoms with Gasteiger partial charge in [0.05, 0.1) is 24.9 Å². The third-order valence-corrected chi connectivity index (χ3v) is 3.74. The van der Waals surface area contributed by atoms with Crippen molar-refractivity contribution in [3.05, 3.63) is 41.1 Å². The molecular weight excluding hydrogens is 290 g/mol. The molecule has 1 aromatic heterocycles. The molecule has 6 heteroatoms. The Hall–Kier alpha value is -2.50. The predicted molar refractivity (Wildman–Crippen MR) is 93.9 cm³/mol. The van der Waals surface area contributed by atoms with Crippen LogP contribution in [0.25, 0.3) is 0 Å². The van der Waals surface area contributed by atoms with Gasteiger partial charge in [-0.15, -0.1) is 0 Å². The van der Waals surface area contributed by atoms with Crippen molar-refractivity contribution < 1.29 is 4.74 Å². The van der Waals surface area contributed by atoms with Crippen LogP contribution in [-0.4, -0.2) is 22.8 Å². The van der Waals surface area contributed by atoms with E-state index in [2.05, 4.69) is 41.4 Å². The van der Waals surface area contributed by atoms with Gasteiger partial charge in [-0.05, 0) is 30.5 Å². The van der Waals surface area contributed by atoms with E-state index in [0.29, 0.717) is 12.5 Å². The number of guanidine groups is 1. The van der Waals surface area contributed by atoms with Crippen LogP contribution >= 0.6 is 0 Å². The van der Waals surface area contributed by atoms with E-state index in [0.717, 1.165) is 35.7 Å². The van der Waals surface area contributed by atoms with Gasteiger partial charge < -0.3 is 15.8 Å². The Morgan fingerprint density at radius 1 is 1.26 bits per heavy atom. The molecule has 0 spiro atoms. The highest BCUT2D eigenvalue weighted by atomic mass is 16.5. The lowest BCUT2D eigenvalue weighted by Gasteiger charge is -2.07. The van der Waals surface area contributed by atoms with Gasteiger partial charge in [-0.25, -0.2) is 9.67 Å². The highest BCUT2D eigenvalue weighted by molar-refractivity contribution is 5.92. The minimum atomic E-state index is 0.377. The van der Waals surface area contributed by atoms with Gasteiger partial charge >= 0.3 is 0 Å². The number of anilines is 1. The average molecular weight is 315 g/mol. The number of aromatic nitrogens is 2. The van der Waals surface area contributed by atoms with E-state index in [9.17, 15) is 0 Å². The quantitative estimate of drug-likeness (QED) is 0.634. The largest absolute Gasteiger partial charge is 0.481 e. The third kappa shape index (κ3) is 4.03. The van der Waals surface area contributed by atoms with Crippen molar-refractivity contribution in [2.75, 3.05) is 12.4 Å². The number of hydrogen-bond acceptors (Lipinski definition) is 3. The van der Waals surface area contributed by atoms with Crippen molar-refractivity contribution in [1.29, 1.82) is 0 Å². The van der Waals surface area contributed by atoms with Crippen molar-refractivity contribution in [2.24, 2.45) is 17.8 Å². The lowest BCUT2D eigenvalue weighted by molar-refractivity contribution is 0.369. The van der Waals surface area contributed by atoms with Gasteiger partial charge in [-0.3, -0.25) is 0 Å². The molecule has 1 heterocycles. The zero-order valence-corrected chi connectivity index (χ0v) is 14.3. The summed E-state index contributed by atoms with van der Waals surface area (Å²) in [6, 6.07) is 8.16. The number of nitrogens with zero attached hydrogens (tertiary/aromatic N) is 3. The van der Waals surface area contributed by atoms with Gasteiger partial charge in [0.15, 0.2) is 5.96 Å². The van der Waals surface area contributed by atoms with E-state index < -0.39 is 0 Å². The van der Waals surface area contributed by atoms with E-state index in [4.69, 9.17) is 10.5 Å². The van der Waals surface area contributed by atoms with Crippen molar-refractivity contribution in [3.8, 4) is 5.88 Å². The molecule has 0 amide bonds. The van der Waals surface area contributed by atoms with Gasteiger partial charge in [0.25, 0.3) is 0 Å². The molecule has 0 saturated heterocycles. The first kappa shape index (κ1) is 16.9. The summed E-state index contributed by atoms with van der Waals surface area (Å²) in [5, 5.41) is 7.55. The molecule has 3 N–H and O–H groups in total. The Morgan fingerprint density at radius 3 is 2.52 bits per heavy atom. The lowest BCUT2D eigenvalue weighted by atomic mass is 10.1. The van der Waals surface area contributed by atoms with E-state index in [1.165, 1.54) is 5.56 Å². The Morgan fingerprint density at radius 2 is 1.96 bits per heavy atom. The molecule has 0 unspecified atom stereocenters. The summed E-state index contributed by atoms with van der Waals surface area (Å²) in [5.41, 5.74) is 10.2. The van der Waals surface area contributed by atoms with Crippen LogP contribution in [0.1, 0.15) is 30.7 Å². The number of nitrogens with two attached hydrogens (primary N) is 1. The molecule has 0 aliphatic carbocycles. The predicted octanol–water partition coefficient (Wildman–Crippen LogP) is 2.48. The fourth-order valence-corrected chi connectivity index (χ4v) is 2.48. The smallest absolute Gasteiger partial charge is 0.216 e. The molecule has 0 saturated carbocycles. The van der Waals surface area contributed by atoms with Crippen LogP contribution in [0.5, 0.6) is 5.88 Å². The molecule has 0 aliphatic heterocycles. The van der Waals surface area contributed by atoms with Crippen LogP contribution in [0, 0.1) is 0 Å². The van der Waals surface area contributed by atoms with Crippen molar-refractivity contribution in [2.45, 2.75) is 33.2 Å². The molecule has 0 fully saturated rings. The van der Waals surface area contributed by atoms with Crippen molar-refractivity contribution in [1.82, 2.24) is 9.78 Å². The Bertz CT molecular complexity index is 673. The van der Waals surface area contributed by atoms with Crippen molar-refractivity contribution >= 4 is 11.6 Å². The van der Waals surface area contributed by atoms with Crippen LogP contribution in [0.2, 0.25) is 0 Å². The second kappa shape index (κ2) is 7.67. The molecule has 0 bridgehead atoms. The average Bonchev–Trinajstić information content (AvgIpc) is 2.88. The van der Waals surface area contributed by atoms with Crippen LogP contribution in [0.4, 0.5) is 5.69 Å². The molecule has 2 aromatic rings. The minimum absolute atomic E-state index is 0.377. The fourth-order valence-electron chi connectivity index (χ4n) is 2.48. The molecule has 6 nitrogen and oxygen atoms in total. The molecule has 1 aromatic carbocycles. The van der Waals surface area contributed by atoms with Gasteiger partial charge in [0.1, 0.15) is 0 Å². The van der Waals surface area contributed by atoms with Gasteiger partial charge in [-0.1, -0.05) is 26.0 Å². The summed E-state index contributed by atoms with van der Waals surface area (Å²) in [6.45, 7) is 4.63. The zero-order valence-electron chi connectivity index (χ0n) is 14.3. The summed E-state index contributed by atoms with van der Waals surface area (Å²) in [6.07, 6.45) is 1.85. The molecule has 124 valence electrons. The van der Waals surface area contributed by atoms with Gasteiger partial charge in [-0.2, -0.15) is 5.10 Å². The highest BCUT2D eigenvalue weighted by Gasteiger charge is 2.15. The second-order valence-corrected chi connectivity index (χ2v) is 5.29. The molecule has 0 atom stereocenters. The monoisotopic (exact) mass is 315 g/mol. The maximum absolute atomic E-state index is 5.98. The fraction of sp³-hybridized carbons (Fsp3) is 0.412. The Balaban J connectivity index is 2.09. The van der Waals surface area contributed by atoms with E-state index >= 15 is 0 Å². The summed E-state index contributed by atoms with van der Waals surface area (Å²) in [4.78, 5) is 4.41. The SMILES string of the molecule is CCc1ccc(NC(N)=NCc2c(CC)nn(C)c2OC)cc1. The highest BCUT2D eigenvalue weighted by Crippen LogP contribution is 2.22. The second-order valence-electron chi connectivity index (χ2n) is 5.29. The Kier molecular flexibility index (Phi) is 5.62. The first-order valence-corrected chi connectivity index (χ1v) is 7.83. The van der Waals surface area contributed by atoms with Crippen LogP contribution in [0.3, 0.4) is 0 Å². The maximum Gasteiger partial charge on any atom is 0.216 e. The normalized spacial score (nSPS) is 11.6. The summed E-state index contributed by atoms with van der Waals surface area (Å²) >= 11 is 0. The molecule has 23 heavy (non-hydrogen) atoms. The number of methoxy groups -OCH3 is 1. The molecular formula is C17H25N5O. The van der Waals surface area contributed by atoms with E-state index in [-0.39, 0.29) is 0 Å². The van der Waals surface area contributed by atoms with E-state index in [1.807, 2.05) is 19.2 Å². The van der Waals surface area contributed by atoms with Crippen LogP contribution in [-0.2, 0) is 26.4 Å². The summed E-state index contributed by atoms with van der Waals surface area (Å²) in [7, 11) is 3.50. The molecule has 0 aliphatic rings. The number of hydrogen-bond donors (Lipinski definition) is 2. The lowest BCUT2D eigenvalue weighted by Crippen LogP contribution is -2.22. The van der Waals surface area contributed by atoms with Gasteiger partial charge in [0.2, 0.25) is 5.88 Å². The maximum atomic E-state index is 5.98. The first-order chi connectivity index (χ1) is 11.1. The number of aryl methyl sites for hydroxylation is 3. The number of aliphatic imine (C=N–C) groups is 1. The summed E-state index contributed by atoms with van der Waals surface area (Å²) in [5.74, 6) is 1.10. The number of nitrogens with one attached hydrogen (secondary N) is 1. The number of ether oxygens (including phenoxy) is 1. The van der Waals surface area contributed by atoms with Gasteiger partial charge in [0, 0.05) is 12.7 Å². The Labute approximate surface area is 137 Å². The van der Waals surface area contributed by atoms with Crippen LogP contribution < -0.4 is 15.8 Å². The summed E-state index contributed by atoms with van der Waals surface area (Å²) < 4.78 is 7.14. The number of rotatable bonds is 6. The standard InChI is InChI=1S/C17H25N5O/c1-5-12-7-9-13(10-8-12)20-17(18)19-11-14-15(6-2)21-22(3)16(14)23-4/h7-10H,5-6,11H2,1-4H3,(H3,18,19,20). The third-order valence-electron chi connectivity index (χ3n) is 3.74. The topological polar surface area (TPSA) is 77.5 Å². The van der Waals surface area contributed by atoms with E-state index in [1.54, 1.807) is 11.8 Å². The number of benzene rings is 1. The van der Waals surface area contributed by atoms with Crippen molar-refractivity contribution in [3.63, 3.8) is 0 Å². The zero-order chi connectivity index (χ0) is 16.8. The first-order valence-electron chi connectivity index (χ1n) is 7.83. The molecule has 0 radical (unpaired) electrons. The van der Waals surface area contributed by atoms with Crippen LogP contribution in [0.15, 0.2) is 29.3 Å². The minimum Gasteiger partial charge on any atom is -0.481 e.